The molecule has 1 aromatic carbocycles. The first kappa shape index (κ1) is 11.6. The van der Waals surface area contributed by atoms with E-state index in [1.807, 2.05) is 11.9 Å². The minimum absolute atomic E-state index is 0.00317. The second-order valence-corrected chi connectivity index (χ2v) is 11.4. The van der Waals surface area contributed by atoms with Crippen LogP contribution in [-0.4, -0.2) is 35.9 Å². The molecule has 1 heterocycles. The molecule has 2 nitrogen and oxygen atoms in total. The van der Waals surface area contributed by atoms with E-state index in [4.69, 9.17) is 0 Å². The zero-order chi connectivity index (χ0) is 12.0. The van der Waals surface area contributed by atoms with Crippen molar-refractivity contribution >= 4 is 34.5 Å². The number of rotatable bonds is 2. The van der Waals surface area contributed by atoms with E-state index in [9.17, 15) is 4.79 Å². The number of benzene rings is 1. The van der Waals surface area contributed by atoms with E-state index in [0.717, 1.165) is 6.42 Å². The van der Waals surface area contributed by atoms with Gasteiger partial charge in [-0.25, -0.2) is 0 Å². The number of anilines is 1. The summed E-state index contributed by atoms with van der Waals surface area (Å²) < 4.78 is 1.27. The monoisotopic (exact) mass is 330 g/mol. The summed E-state index contributed by atoms with van der Waals surface area (Å²) in [7, 11) is 1.95. The molecule has 1 aliphatic carbocycles. The molecule has 1 aliphatic heterocycles. The van der Waals surface area contributed by atoms with Crippen LogP contribution in [0.3, 0.4) is 0 Å². The summed E-state index contributed by atoms with van der Waals surface area (Å²) >= 11 is -0.858. The first-order chi connectivity index (χ1) is 8.20. The van der Waals surface area contributed by atoms with Crippen molar-refractivity contribution in [1.29, 1.82) is 0 Å². The Morgan fingerprint density at radius 1 is 1.47 bits per heavy atom. The van der Waals surface area contributed by atoms with Gasteiger partial charge >= 0.3 is 114 Å². The first-order valence-electron chi connectivity index (χ1n) is 6.45. The summed E-state index contributed by atoms with van der Waals surface area (Å²) in [5, 5.41) is 0. The van der Waals surface area contributed by atoms with E-state index in [-0.39, 0.29) is 3.17 Å². The molecule has 0 N–H and O–H groups in total. The molecule has 0 saturated carbocycles. The quantitative estimate of drug-likeness (QED) is 0.815. The Kier molecular flexibility index (Phi) is 2.77. The predicted molar refractivity (Wildman–Crippen MR) is 70.7 cm³/mol. The Balaban J connectivity index is 2.26. The van der Waals surface area contributed by atoms with Crippen molar-refractivity contribution in [3.63, 3.8) is 0 Å². The molecule has 1 aromatic rings. The van der Waals surface area contributed by atoms with Crippen molar-refractivity contribution < 1.29 is 4.79 Å². The molecule has 0 fully saturated rings. The molecule has 1 radical (unpaired) electrons. The molecule has 0 spiro atoms. The summed E-state index contributed by atoms with van der Waals surface area (Å²) in [6, 6.07) is 6.47. The minimum atomic E-state index is -0.858. The molecule has 0 aromatic heterocycles. The van der Waals surface area contributed by atoms with Crippen molar-refractivity contribution in [3.05, 3.63) is 29.3 Å². The Morgan fingerprint density at radius 2 is 2.29 bits per heavy atom. The van der Waals surface area contributed by atoms with Crippen LogP contribution in [0.2, 0.25) is 4.18 Å². The van der Waals surface area contributed by atoms with Gasteiger partial charge in [0.1, 0.15) is 0 Å². The van der Waals surface area contributed by atoms with Gasteiger partial charge in [0.05, 0.1) is 0 Å². The average Bonchev–Trinajstić information content (AvgIpc) is 2.56. The van der Waals surface area contributed by atoms with E-state index < -0.39 is 22.9 Å². The summed E-state index contributed by atoms with van der Waals surface area (Å²) in [6.45, 7) is 2.26. The van der Waals surface area contributed by atoms with Crippen LogP contribution in [0.25, 0.3) is 0 Å². The molecule has 1 unspecified atom stereocenters. The average molecular weight is 330 g/mol. The van der Waals surface area contributed by atoms with E-state index in [1.54, 1.807) is 0 Å². The Bertz CT molecular complexity index is 485. The maximum atomic E-state index is 12.7. The number of hydrogen-bond acceptors (Lipinski definition) is 1. The predicted octanol–water partition coefficient (Wildman–Crippen LogP) is 2.34. The number of amides is 1. The molecule has 1 atom stereocenters. The molecule has 87 valence electrons. The number of carbonyl (C=O) groups excluding carboxylic acids is 1. The summed E-state index contributed by atoms with van der Waals surface area (Å²) in [6.07, 6.45) is 3.48. The van der Waals surface area contributed by atoms with E-state index in [0.29, 0.717) is 5.91 Å². The fraction of sp³-hybridized carbons (Fsp3) is 0.500. The van der Waals surface area contributed by atoms with Gasteiger partial charge in [-0.15, -0.1) is 0 Å². The molecule has 0 saturated heterocycles. The van der Waals surface area contributed by atoms with E-state index >= 15 is 0 Å². The van der Waals surface area contributed by atoms with Gasteiger partial charge in [-0.05, 0) is 0 Å². The Labute approximate surface area is 114 Å². The summed E-state index contributed by atoms with van der Waals surface area (Å²) in [5.74, 6) is 0.405. The van der Waals surface area contributed by atoms with Crippen molar-refractivity contribution in [2.45, 2.75) is 33.5 Å². The Morgan fingerprint density at radius 3 is 3.06 bits per heavy atom. The van der Waals surface area contributed by atoms with Gasteiger partial charge in [-0.2, -0.15) is 0 Å². The normalized spacial score (nSPS) is 26.0. The SMILES string of the molecule is C[CH2][In][C]12CCCc3cccc(c31)N(C)C2=O. The van der Waals surface area contributed by atoms with Crippen molar-refractivity contribution in [2.24, 2.45) is 0 Å². The molecule has 3 heteroatoms. The van der Waals surface area contributed by atoms with Gasteiger partial charge in [0.2, 0.25) is 0 Å². The molecule has 0 bridgehead atoms. The zero-order valence-electron chi connectivity index (χ0n) is 10.5. The second-order valence-electron chi connectivity index (χ2n) is 5.11. The molecular formula is C14H17InNO. The van der Waals surface area contributed by atoms with Gasteiger partial charge in [0.15, 0.2) is 0 Å². The van der Waals surface area contributed by atoms with E-state index in [1.165, 1.54) is 33.8 Å². The third-order valence-electron chi connectivity index (χ3n) is 4.19. The van der Waals surface area contributed by atoms with Crippen molar-refractivity contribution in [3.8, 4) is 0 Å². The van der Waals surface area contributed by atoms with Gasteiger partial charge in [-0.1, -0.05) is 0 Å². The Hall–Kier alpha value is -0.440. The molecule has 17 heavy (non-hydrogen) atoms. The number of nitrogens with zero attached hydrogens (tertiary/aromatic N) is 1. The number of hydrogen-bond donors (Lipinski definition) is 0. The van der Waals surface area contributed by atoms with Crippen LogP contribution in [-0.2, 0) is 14.4 Å². The third kappa shape index (κ3) is 1.44. The molecule has 2 aliphatic rings. The first-order valence-corrected chi connectivity index (χ1v) is 10.4. The number of likely N-dealkylation sites (N-methyl/N-ethyl adjacent to an activating group) is 1. The maximum absolute atomic E-state index is 12.7. The van der Waals surface area contributed by atoms with Gasteiger partial charge in [0, 0.05) is 0 Å². The summed E-state index contributed by atoms with van der Waals surface area (Å²) in [4.78, 5) is 14.6. The number of carbonyl (C=O) groups is 1. The number of aryl methyl sites for hydroxylation is 1. The van der Waals surface area contributed by atoms with Crippen LogP contribution >= 0.6 is 0 Å². The molecule has 3 rings (SSSR count). The van der Waals surface area contributed by atoms with Crippen LogP contribution in [0, 0.1) is 0 Å². The van der Waals surface area contributed by atoms with Crippen LogP contribution < -0.4 is 4.90 Å². The van der Waals surface area contributed by atoms with Gasteiger partial charge < -0.3 is 0 Å². The molecular weight excluding hydrogens is 313 g/mol. The molecule has 1 amide bonds. The van der Waals surface area contributed by atoms with Crippen molar-refractivity contribution in [2.75, 3.05) is 11.9 Å². The van der Waals surface area contributed by atoms with Crippen LogP contribution in [0.15, 0.2) is 18.2 Å². The van der Waals surface area contributed by atoms with Gasteiger partial charge in [-0.3, -0.25) is 0 Å². The topological polar surface area (TPSA) is 20.3 Å². The van der Waals surface area contributed by atoms with Crippen LogP contribution in [0.1, 0.15) is 30.9 Å². The fourth-order valence-corrected chi connectivity index (χ4v) is 9.27. The van der Waals surface area contributed by atoms with Gasteiger partial charge in [0.25, 0.3) is 0 Å². The standard InChI is InChI=1S/C12H12NO.C2H5.In/c1-13-10-7-3-5-8-4-2-6-9(11(8)10)12(13)14;1-2;/h3,5,7H,2,4,6H2,1H3;1H2,2H3;. The zero-order valence-corrected chi connectivity index (χ0v) is 13.8. The van der Waals surface area contributed by atoms with Crippen LogP contribution in [0.5, 0.6) is 0 Å². The van der Waals surface area contributed by atoms with Crippen LogP contribution in [0.4, 0.5) is 5.69 Å². The fourth-order valence-electron chi connectivity index (χ4n) is 3.53. The van der Waals surface area contributed by atoms with E-state index in [2.05, 4.69) is 25.1 Å². The van der Waals surface area contributed by atoms with Crippen molar-refractivity contribution in [1.82, 2.24) is 0 Å². The third-order valence-corrected chi connectivity index (χ3v) is 9.70. The summed E-state index contributed by atoms with van der Waals surface area (Å²) in [5.41, 5.74) is 4.08. The second kappa shape index (κ2) is 4.04.